The molecule has 2 aromatic rings. The molecule has 0 aliphatic carbocycles. The molecule has 2 aromatic carbocycles. The van der Waals surface area contributed by atoms with E-state index >= 15 is 0 Å². The minimum absolute atomic E-state index is 0.0613. The Morgan fingerprint density at radius 2 is 1.77 bits per heavy atom. The number of carbonyl (C=O) groups excluding carboxylic acids is 3. The number of aryl methyl sites for hydroxylation is 1. The lowest BCUT2D eigenvalue weighted by Gasteiger charge is -2.40. The molecule has 0 bridgehead atoms. The van der Waals surface area contributed by atoms with E-state index in [1.165, 1.54) is 5.56 Å². The number of nitrogens with one attached hydrogen (secondary N) is 2. The van der Waals surface area contributed by atoms with Crippen LogP contribution in [0, 0.1) is 5.41 Å². The third-order valence-electron chi connectivity index (χ3n) is 6.55. The Morgan fingerprint density at radius 3 is 2.40 bits per heavy atom. The molecule has 0 saturated carbocycles. The van der Waals surface area contributed by atoms with Crippen LogP contribution in [0.3, 0.4) is 0 Å². The molecule has 1 aliphatic heterocycles. The summed E-state index contributed by atoms with van der Waals surface area (Å²) in [5.41, 5.74) is 7.37. The molecule has 188 valence electrons. The van der Waals surface area contributed by atoms with Gasteiger partial charge >= 0.3 is 6.09 Å². The van der Waals surface area contributed by atoms with Gasteiger partial charge in [0.25, 0.3) is 0 Å². The van der Waals surface area contributed by atoms with E-state index < -0.39 is 11.5 Å². The van der Waals surface area contributed by atoms with Gasteiger partial charge in [-0.05, 0) is 55.0 Å². The average molecular weight is 501 g/mol. The van der Waals surface area contributed by atoms with Crippen molar-refractivity contribution in [1.82, 2.24) is 10.2 Å². The van der Waals surface area contributed by atoms with Crippen LogP contribution in [0.1, 0.15) is 37.3 Å². The van der Waals surface area contributed by atoms with Crippen molar-refractivity contribution in [3.8, 4) is 0 Å². The first-order valence-electron chi connectivity index (χ1n) is 11.9. The van der Waals surface area contributed by atoms with E-state index in [1.54, 1.807) is 11.0 Å². The maximum Gasteiger partial charge on any atom is 0.411 e. The molecule has 35 heavy (non-hydrogen) atoms. The van der Waals surface area contributed by atoms with Gasteiger partial charge in [0.15, 0.2) is 0 Å². The molecule has 0 atom stereocenters. The van der Waals surface area contributed by atoms with Crippen molar-refractivity contribution in [3.63, 3.8) is 0 Å². The highest BCUT2D eigenvalue weighted by atomic mass is 35.5. The summed E-state index contributed by atoms with van der Waals surface area (Å²) in [6.07, 6.45) is 1.60. The van der Waals surface area contributed by atoms with Crippen LogP contribution in [0.25, 0.3) is 0 Å². The minimum Gasteiger partial charge on any atom is -0.449 e. The number of hydrogen-bond donors (Lipinski definition) is 3. The molecule has 0 spiro atoms. The number of benzene rings is 2. The summed E-state index contributed by atoms with van der Waals surface area (Å²) in [7, 11) is 0. The van der Waals surface area contributed by atoms with Crippen LogP contribution in [0.2, 0.25) is 5.02 Å². The average Bonchev–Trinajstić information content (AvgIpc) is 2.88. The molecule has 4 N–H and O–H groups in total. The van der Waals surface area contributed by atoms with E-state index in [1.807, 2.05) is 42.5 Å². The van der Waals surface area contributed by atoms with E-state index in [-0.39, 0.29) is 25.0 Å². The Hall–Kier alpha value is -3.10. The highest BCUT2D eigenvalue weighted by molar-refractivity contribution is 6.31. The summed E-state index contributed by atoms with van der Waals surface area (Å²) in [6, 6.07) is 14.9. The van der Waals surface area contributed by atoms with E-state index in [0.29, 0.717) is 49.6 Å². The number of nitrogens with zero attached hydrogens (tertiary/aromatic N) is 1. The number of amides is 3. The number of likely N-dealkylation sites (tertiary alicyclic amines) is 1. The predicted octanol–water partition coefficient (Wildman–Crippen LogP) is 3.72. The van der Waals surface area contributed by atoms with E-state index in [9.17, 15) is 14.4 Å². The zero-order valence-corrected chi connectivity index (χ0v) is 20.8. The van der Waals surface area contributed by atoms with Crippen LogP contribution in [0.4, 0.5) is 10.5 Å². The fourth-order valence-electron chi connectivity index (χ4n) is 4.23. The quantitative estimate of drug-likeness (QED) is 0.485. The number of nitrogens with two attached hydrogens (primary N) is 1. The first-order chi connectivity index (χ1) is 16.9. The molecule has 0 unspecified atom stereocenters. The number of ether oxygens (including phenoxy) is 1. The van der Waals surface area contributed by atoms with Gasteiger partial charge in [-0.15, -0.1) is 0 Å². The third kappa shape index (κ3) is 7.19. The number of anilines is 1. The van der Waals surface area contributed by atoms with Gasteiger partial charge in [-0.2, -0.15) is 0 Å². The molecule has 9 heteroatoms. The topological polar surface area (TPSA) is 114 Å². The number of piperidine rings is 1. The van der Waals surface area contributed by atoms with Gasteiger partial charge in [-0.1, -0.05) is 48.9 Å². The van der Waals surface area contributed by atoms with Gasteiger partial charge in [0.2, 0.25) is 11.8 Å². The smallest absolute Gasteiger partial charge is 0.411 e. The fraction of sp³-hybridized carbons (Fsp3) is 0.423. The number of carbonyl (C=O) groups is 3. The number of rotatable bonds is 9. The first kappa shape index (κ1) is 26.5. The number of halogens is 1. The molecular formula is C26H33ClN4O4. The molecule has 0 aromatic heterocycles. The maximum absolute atomic E-state index is 13.3. The van der Waals surface area contributed by atoms with Crippen LogP contribution >= 0.6 is 11.6 Å². The first-order valence-corrected chi connectivity index (χ1v) is 12.3. The molecule has 8 nitrogen and oxygen atoms in total. The molecule has 0 radical (unpaired) electrons. The standard InChI is InChI=1S/C26H33ClN4O4/c1-2-19-7-9-21(10-8-19)30-25(34)35-16-13-26(11-14-31(15-12-26)23(32)17-28)24(33)29-18-20-5-3-4-6-22(20)27/h3-10H,2,11-18,28H2,1H3,(H,29,33)(H,30,34). The van der Waals surface area contributed by atoms with E-state index in [4.69, 9.17) is 22.1 Å². The van der Waals surface area contributed by atoms with Crippen LogP contribution in [-0.4, -0.2) is 49.0 Å². The highest BCUT2D eigenvalue weighted by Crippen LogP contribution is 2.36. The second-order valence-electron chi connectivity index (χ2n) is 8.70. The summed E-state index contributed by atoms with van der Waals surface area (Å²) in [4.78, 5) is 39.3. The van der Waals surface area contributed by atoms with Crippen molar-refractivity contribution in [1.29, 1.82) is 0 Å². The Kier molecular flexibility index (Phi) is 9.51. The Morgan fingerprint density at radius 1 is 1.09 bits per heavy atom. The van der Waals surface area contributed by atoms with Gasteiger partial charge in [0.1, 0.15) is 0 Å². The van der Waals surface area contributed by atoms with E-state index in [2.05, 4.69) is 17.6 Å². The molecule has 1 fully saturated rings. The molecule has 1 saturated heterocycles. The zero-order valence-electron chi connectivity index (χ0n) is 20.0. The van der Waals surface area contributed by atoms with Crippen molar-refractivity contribution in [2.45, 2.75) is 39.2 Å². The second kappa shape index (κ2) is 12.6. The predicted molar refractivity (Wildman–Crippen MR) is 136 cm³/mol. The van der Waals surface area contributed by atoms with Crippen LogP contribution in [-0.2, 0) is 27.3 Å². The van der Waals surface area contributed by atoms with Gasteiger partial charge in [-0.25, -0.2) is 4.79 Å². The Balaban J connectivity index is 1.60. The summed E-state index contributed by atoms with van der Waals surface area (Å²) in [5, 5.41) is 6.28. The molecular weight excluding hydrogens is 468 g/mol. The van der Waals surface area contributed by atoms with Crippen LogP contribution < -0.4 is 16.4 Å². The summed E-state index contributed by atoms with van der Waals surface area (Å²) in [6.45, 7) is 3.21. The number of hydrogen-bond acceptors (Lipinski definition) is 5. The maximum atomic E-state index is 13.3. The SMILES string of the molecule is CCc1ccc(NC(=O)OCCC2(C(=O)NCc3ccccc3Cl)CCN(C(=O)CN)CC2)cc1. The lowest BCUT2D eigenvalue weighted by atomic mass is 9.75. The Bertz CT molecular complexity index is 1020. The normalized spacial score (nSPS) is 14.8. The molecule has 1 aliphatic rings. The van der Waals surface area contributed by atoms with Gasteiger partial charge in [-0.3, -0.25) is 14.9 Å². The third-order valence-corrected chi connectivity index (χ3v) is 6.92. The largest absolute Gasteiger partial charge is 0.449 e. The Labute approximate surface area is 211 Å². The lowest BCUT2D eigenvalue weighted by Crippen LogP contribution is -2.51. The zero-order chi connectivity index (χ0) is 25.3. The summed E-state index contributed by atoms with van der Waals surface area (Å²) in [5.74, 6) is -0.281. The van der Waals surface area contributed by atoms with E-state index in [0.717, 1.165) is 12.0 Å². The van der Waals surface area contributed by atoms with Crippen molar-refractivity contribution >= 4 is 35.2 Å². The fourth-order valence-corrected chi connectivity index (χ4v) is 4.43. The molecule has 3 amide bonds. The lowest BCUT2D eigenvalue weighted by molar-refractivity contribution is -0.140. The van der Waals surface area contributed by atoms with Crippen molar-refractivity contribution in [2.75, 3.05) is 31.6 Å². The second-order valence-corrected chi connectivity index (χ2v) is 9.11. The minimum atomic E-state index is -0.768. The highest BCUT2D eigenvalue weighted by Gasteiger charge is 2.42. The summed E-state index contributed by atoms with van der Waals surface area (Å²) < 4.78 is 5.41. The summed E-state index contributed by atoms with van der Waals surface area (Å²) >= 11 is 6.23. The van der Waals surface area contributed by atoms with Crippen molar-refractivity contribution in [2.24, 2.45) is 11.1 Å². The molecule has 1 heterocycles. The van der Waals surface area contributed by atoms with Crippen LogP contribution in [0.5, 0.6) is 0 Å². The van der Waals surface area contributed by atoms with Gasteiger partial charge < -0.3 is 20.7 Å². The molecule has 3 rings (SSSR count). The van der Waals surface area contributed by atoms with Crippen LogP contribution in [0.15, 0.2) is 48.5 Å². The van der Waals surface area contributed by atoms with Crippen molar-refractivity contribution < 1.29 is 19.1 Å². The van der Waals surface area contributed by atoms with Gasteiger partial charge in [0.05, 0.1) is 18.6 Å². The van der Waals surface area contributed by atoms with Gasteiger partial charge in [0, 0.05) is 30.3 Å². The van der Waals surface area contributed by atoms with Crippen molar-refractivity contribution in [3.05, 3.63) is 64.7 Å². The monoisotopic (exact) mass is 500 g/mol.